The van der Waals surface area contributed by atoms with Crippen LogP contribution >= 0.6 is 0 Å². The predicted molar refractivity (Wildman–Crippen MR) is 84.9 cm³/mol. The third kappa shape index (κ3) is 3.16. The smallest absolute Gasteiger partial charge is 0.175 e. The third-order valence-electron chi connectivity index (χ3n) is 5.42. The maximum atomic E-state index is 11.5. The van der Waals surface area contributed by atoms with Crippen LogP contribution in [0.25, 0.3) is 0 Å². The molecule has 0 aromatic heterocycles. The van der Waals surface area contributed by atoms with Crippen molar-refractivity contribution in [2.24, 2.45) is 5.41 Å². The summed E-state index contributed by atoms with van der Waals surface area (Å²) in [5.41, 5.74) is 1.74. The lowest BCUT2D eigenvalue weighted by molar-refractivity contribution is 0.0221. The first kappa shape index (κ1) is 15.0. The quantitative estimate of drug-likeness (QED) is 0.928. The van der Waals surface area contributed by atoms with Gasteiger partial charge in [-0.05, 0) is 48.8 Å². The molecular formula is C17H25NO2S. The Morgan fingerprint density at radius 3 is 2.29 bits per heavy atom. The van der Waals surface area contributed by atoms with Crippen LogP contribution < -0.4 is 5.32 Å². The summed E-state index contributed by atoms with van der Waals surface area (Å²) in [5.74, 6) is 0. The summed E-state index contributed by atoms with van der Waals surface area (Å²) in [5, 5.41) is 3.70. The highest BCUT2D eigenvalue weighted by Crippen LogP contribution is 2.51. The van der Waals surface area contributed by atoms with Crippen molar-refractivity contribution in [3.8, 4) is 0 Å². The first-order valence-corrected chi connectivity index (χ1v) is 9.91. The van der Waals surface area contributed by atoms with Gasteiger partial charge in [-0.25, -0.2) is 8.42 Å². The van der Waals surface area contributed by atoms with E-state index in [1.165, 1.54) is 56.8 Å². The van der Waals surface area contributed by atoms with E-state index in [9.17, 15) is 8.42 Å². The van der Waals surface area contributed by atoms with Crippen LogP contribution in [0.4, 0.5) is 0 Å². The van der Waals surface area contributed by atoms with E-state index in [-0.39, 0.29) is 0 Å². The molecule has 4 heteroatoms. The highest BCUT2D eigenvalue weighted by Gasteiger charge is 2.46. The van der Waals surface area contributed by atoms with Gasteiger partial charge < -0.3 is 5.32 Å². The summed E-state index contributed by atoms with van der Waals surface area (Å²) in [6.45, 7) is 0.844. The fraction of sp³-hybridized carbons (Fsp3) is 0.647. The van der Waals surface area contributed by atoms with Gasteiger partial charge in [0, 0.05) is 18.8 Å². The van der Waals surface area contributed by atoms with Gasteiger partial charge in [0.05, 0.1) is 4.90 Å². The van der Waals surface area contributed by atoms with Gasteiger partial charge in [0.2, 0.25) is 0 Å². The second-order valence-electron chi connectivity index (χ2n) is 6.81. The molecule has 1 N–H and O–H groups in total. The molecule has 0 bridgehead atoms. The fourth-order valence-corrected chi connectivity index (χ4v) is 4.60. The topological polar surface area (TPSA) is 46.2 Å². The van der Waals surface area contributed by atoms with E-state index in [4.69, 9.17) is 0 Å². The van der Waals surface area contributed by atoms with Crippen LogP contribution in [-0.4, -0.2) is 20.7 Å². The Morgan fingerprint density at radius 2 is 1.76 bits per heavy atom. The molecule has 0 amide bonds. The molecule has 1 aromatic rings. The lowest BCUT2D eigenvalue weighted by Gasteiger charge is -2.52. The standard InChI is InChI=1S/C17H25NO2S/c1-21(19,20)15-7-5-14(6-8-15)13-18-16-9-12-17(16)10-3-2-4-11-17/h5-8,16,18H,2-4,9-13H2,1H3. The lowest BCUT2D eigenvalue weighted by Crippen LogP contribution is -2.53. The first-order chi connectivity index (χ1) is 10.00. The van der Waals surface area contributed by atoms with Crippen LogP contribution in [0, 0.1) is 5.41 Å². The molecule has 1 unspecified atom stereocenters. The molecule has 3 nitrogen and oxygen atoms in total. The van der Waals surface area contributed by atoms with Crippen molar-refractivity contribution in [3.05, 3.63) is 29.8 Å². The van der Waals surface area contributed by atoms with Gasteiger partial charge in [-0.15, -0.1) is 0 Å². The predicted octanol–water partition coefficient (Wildman–Crippen LogP) is 3.29. The van der Waals surface area contributed by atoms with Crippen molar-refractivity contribution in [2.75, 3.05) is 6.26 Å². The maximum Gasteiger partial charge on any atom is 0.175 e. The second-order valence-corrected chi connectivity index (χ2v) is 8.83. The van der Waals surface area contributed by atoms with Gasteiger partial charge in [-0.2, -0.15) is 0 Å². The molecule has 0 saturated heterocycles. The van der Waals surface area contributed by atoms with Gasteiger partial charge in [0.1, 0.15) is 0 Å². The van der Waals surface area contributed by atoms with Crippen LogP contribution in [0.1, 0.15) is 50.5 Å². The summed E-state index contributed by atoms with van der Waals surface area (Å²) in [6, 6.07) is 7.94. The van der Waals surface area contributed by atoms with Crippen LogP contribution in [0.2, 0.25) is 0 Å². The molecule has 2 aliphatic rings. The molecule has 0 radical (unpaired) electrons. The third-order valence-corrected chi connectivity index (χ3v) is 6.55. The van der Waals surface area contributed by atoms with E-state index in [1.54, 1.807) is 12.1 Å². The molecule has 1 aromatic carbocycles. The largest absolute Gasteiger partial charge is 0.309 e. The highest BCUT2D eigenvalue weighted by molar-refractivity contribution is 7.90. The number of benzene rings is 1. The monoisotopic (exact) mass is 307 g/mol. The minimum absolute atomic E-state index is 0.402. The summed E-state index contributed by atoms with van der Waals surface area (Å²) in [6.07, 6.45) is 10.9. The Hall–Kier alpha value is -0.870. The Kier molecular flexibility index (Phi) is 4.10. The molecule has 2 fully saturated rings. The maximum absolute atomic E-state index is 11.5. The number of hydrogen-bond acceptors (Lipinski definition) is 3. The zero-order chi connectivity index (χ0) is 14.9. The van der Waals surface area contributed by atoms with Crippen molar-refractivity contribution in [1.29, 1.82) is 0 Å². The molecule has 21 heavy (non-hydrogen) atoms. The highest BCUT2D eigenvalue weighted by atomic mass is 32.2. The average Bonchev–Trinajstić information content (AvgIpc) is 2.47. The van der Waals surface area contributed by atoms with Gasteiger partial charge in [0.25, 0.3) is 0 Å². The summed E-state index contributed by atoms with van der Waals surface area (Å²) in [4.78, 5) is 0.402. The van der Waals surface area contributed by atoms with E-state index in [0.29, 0.717) is 16.4 Å². The van der Waals surface area contributed by atoms with E-state index in [1.807, 2.05) is 12.1 Å². The van der Waals surface area contributed by atoms with Crippen molar-refractivity contribution in [3.63, 3.8) is 0 Å². The number of hydrogen-bond donors (Lipinski definition) is 1. The van der Waals surface area contributed by atoms with E-state index in [0.717, 1.165) is 6.54 Å². The van der Waals surface area contributed by atoms with Crippen molar-refractivity contribution < 1.29 is 8.42 Å². The number of rotatable bonds is 4. The molecule has 3 rings (SSSR count). The lowest BCUT2D eigenvalue weighted by atomic mass is 9.57. The van der Waals surface area contributed by atoms with E-state index >= 15 is 0 Å². The van der Waals surface area contributed by atoms with Crippen LogP contribution in [-0.2, 0) is 16.4 Å². The van der Waals surface area contributed by atoms with Crippen molar-refractivity contribution in [1.82, 2.24) is 5.32 Å². The van der Waals surface area contributed by atoms with E-state index < -0.39 is 9.84 Å². The van der Waals surface area contributed by atoms with Crippen LogP contribution in [0.15, 0.2) is 29.2 Å². The normalized spacial score (nSPS) is 24.7. The molecule has 0 aliphatic heterocycles. The summed E-state index contributed by atoms with van der Waals surface area (Å²) >= 11 is 0. The summed E-state index contributed by atoms with van der Waals surface area (Å²) in [7, 11) is -3.09. The van der Waals surface area contributed by atoms with Gasteiger partial charge in [0.15, 0.2) is 9.84 Å². The minimum atomic E-state index is -3.09. The molecule has 2 saturated carbocycles. The molecule has 2 aliphatic carbocycles. The van der Waals surface area contributed by atoms with Gasteiger partial charge in [-0.1, -0.05) is 31.4 Å². The molecular weight excluding hydrogens is 282 g/mol. The minimum Gasteiger partial charge on any atom is -0.309 e. The first-order valence-electron chi connectivity index (χ1n) is 8.02. The molecule has 0 heterocycles. The van der Waals surface area contributed by atoms with E-state index in [2.05, 4.69) is 5.32 Å². The average molecular weight is 307 g/mol. The molecule has 1 atom stereocenters. The zero-order valence-electron chi connectivity index (χ0n) is 12.8. The Morgan fingerprint density at radius 1 is 1.10 bits per heavy atom. The van der Waals surface area contributed by atoms with Crippen molar-refractivity contribution in [2.45, 2.75) is 62.4 Å². The Bertz CT molecular complexity index is 586. The Balaban J connectivity index is 1.58. The van der Waals surface area contributed by atoms with Gasteiger partial charge >= 0.3 is 0 Å². The second kappa shape index (κ2) is 5.73. The number of sulfone groups is 1. The number of nitrogens with one attached hydrogen (secondary N) is 1. The van der Waals surface area contributed by atoms with Crippen LogP contribution in [0.5, 0.6) is 0 Å². The zero-order valence-corrected chi connectivity index (χ0v) is 13.6. The van der Waals surface area contributed by atoms with Gasteiger partial charge in [-0.3, -0.25) is 0 Å². The molecule has 1 spiro atoms. The Labute approximate surface area is 128 Å². The molecule has 116 valence electrons. The SMILES string of the molecule is CS(=O)(=O)c1ccc(CNC2CCC23CCCCC3)cc1. The van der Waals surface area contributed by atoms with Crippen molar-refractivity contribution >= 4 is 9.84 Å². The summed E-state index contributed by atoms with van der Waals surface area (Å²) < 4.78 is 22.9. The van der Waals surface area contributed by atoms with Crippen LogP contribution in [0.3, 0.4) is 0 Å². The fourth-order valence-electron chi connectivity index (χ4n) is 3.97.